The number of aromatic carboxylic acids is 1. The van der Waals surface area contributed by atoms with Gasteiger partial charge in [-0.2, -0.15) is 0 Å². The van der Waals surface area contributed by atoms with Gasteiger partial charge in [0.05, 0.1) is 11.8 Å². The van der Waals surface area contributed by atoms with Crippen LogP contribution < -0.4 is 5.32 Å². The van der Waals surface area contributed by atoms with Gasteiger partial charge in [-0.1, -0.05) is 29.8 Å². The fourth-order valence-corrected chi connectivity index (χ4v) is 2.77. The third kappa shape index (κ3) is 2.88. The molecule has 4 aromatic rings. The normalized spacial score (nSPS) is 10.8. The van der Waals surface area contributed by atoms with E-state index < -0.39 is 5.97 Å². The van der Waals surface area contributed by atoms with E-state index in [4.69, 9.17) is 5.11 Å². The minimum Gasteiger partial charge on any atom is -0.478 e. The van der Waals surface area contributed by atoms with Crippen molar-refractivity contribution < 1.29 is 9.90 Å². The zero-order valence-electron chi connectivity index (χ0n) is 14.0. The van der Waals surface area contributed by atoms with Crippen LogP contribution >= 0.6 is 0 Å². The van der Waals surface area contributed by atoms with Gasteiger partial charge in [-0.3, -0.25) is 9.38 Å². The summed E-state index contributed by atoms with van der Waals surface area (Å²) in [6.45, 7) is 2.04. The number of aryl methyl sites for hydroxylation is 1. The summed E-state index contributed by atoms with van der Waals surface area (Å²) >= 11 is 0. The van der Waals surface area contributed by atoms with Gasteiger partial charge in [0.25, 0.3) is 0 Å². The van der Waals surface area contributed by atoms with Crippen LogP contribution in [-0.4, -0.2) is 25.4 Å². The van der Waals surface area contributed by atoms with Crippen LogP contribution in [0.3, 0.4) is 0 Å². The summed E-state index contributed by atoms with van der Waals surface area (Å²) < 4.78 is 1.92. The molecular weight excluding hydrogens is 328 g/mol. The van der Waals surface area contributed by atoms with Crippen molar-refractivity contribution in [3.05, 3.63) is 78.2 Å². The Morgan fingerprint density at radius 1 is 1.08 bits per heavy atom. The second kappa shape index (κ2) is 6.33. The zero-order chi connectivity index (χ0) is 18.1. The highest BCUT2D eigenvalue weighted by Gasteiger charge is 2.15. The van der Waals surface area contributed by atoms with Crippen molar-refractivity contribution >= 4 is 23.1 Å². The highest BCUT2D eigenvalue weighted by Crippen LogP contribution is 2.31. The quantitative estimate of drug-likeness (QED) is 0.581. The summed E-state index contributed by atoms with van der Waals surface area (Å²) in [7, 11) is 0. The van der Waals surface area contributed by atoms with Gasteiger partial charge in [0.15, 0.2) is 5.65 Å². The molecular formula is C20H16N4O2. The van der Waals surface area contributed by atoms with Gasteiger partial charge in [-0.05, 0) is 31.2 Å². The van der Waals surface area contributed by atoms with Crippen LogP contribution in [0.2, 0.25) is 0 Å². The highest BCUT2D eigenvalue weighted by atomic mass is 16.4. The van der Waals surface area contributed by atoms with E-state index in [-0.39, 0.29) is 5.56 Å². The summed E-state index contributed by atoms with van der Waals surface area (Å²) in [5.41, 5.74) is 4.63. The number of carboxylic acid groups (broad SMARTS) is 1. The molecule has 26 heavy (non-hydrogen) atoms. The lowest BCUT2D eigenvalue weighted by atomic mass is 10.1. The van der Waals surface area contributed by atoms with Gasteiger partial charge < -0.3 is 10.4 Å². The Morgan fingerprint density at radius 3 is 2.50 bits per heavy atom. The van der Waals surface area contributed by atoms with Crippen LogP contribution in [0.4, 0.5) is 11.5 Å². The number of imidazole rings is 1. The van der Waals surface area contributed by atoms with Crippen molar-refractivity contribution in [1.82, 2.24) is 14.4 Å². The first-order valence-corrected chi connectivity index (χ1v) is 8.11. The summed E-state index contributed by atoms with van der Waals surface area (Å²) in [5, 5.41) is 12.5. The number of hydrogen-bond acceptors (Lipinski definition) is 4. The summed E-state index contributed by atoms with van der Waals surface area (Å²) in [6, 6.07) is 14.8. The molecule has 0 aliphatic carbocycles. The number of nitrogens with zero attached hydrogens (tertiary/aromatic N) is 3. The summed E-state index contributed by atoms with van der Waals surface area (Å²) in [4.78, 5) is 19.9. The largest absolute Gasteiger partial charge is 0.478 e. The monoisotopic (exact) mass is 344 g/mol. The summed E-state index contributed by atoms with van der Waals surface area (Å²) in [5.74, 6) is -0.150. The Morgan fingerprint density at radius 2 is 1.81 bits per heavy atom. The van der Waals surface area contributed by atoms with Crippen molar-refractivity contribution in [1.29, 1.82) is 0 Å². The Bertz CT molecular complexity index is 1080. The van der Waals surface area contributed by atoms with E-state index in [1.807, 2.05) is 41.8 Å². The van der Waals surface area contributed by atoms with Crippen LogP contribution in [0.5, 0.6) is 0 Å². The van der Waals surface area contributed by atoms with Crippen molar-refractivity contribution in [2.24, 2.45) is 0 Å². The maximum atomic E-state index is 11.1. The van der Waals surface area contributed by atoms with E-state index in [0.717, 1.165) is 22.8 Å². The van der Waals surface area contributed by atoms with E-state index in [1.54, 1.807) is 36.7 Å². The Labute approximate surface area is 149 Å². The number of fused-ring (bicyclic) bond motifs is 1. The number of carbonyl (C=O) groups is 1. The number of hydrogen-bond donors (Lipinski definition) is 2. The lowest BCUT2D eigenvalue weighted by Gasteiger charge is -2.09. The number of carboxylic acids is 1. The van der Waals surface area contributed by atoms with E-state index in [1.165, 1.54) is 5.56 Å². The minimum absolute atomic E-state index is 0.243. The van der Waals surface area contributed by atoms with Gasteiger partial charge in [-0.25, -0.2) is 9.78 Å². The molecule has 0 aliphatic heterocycles. The molecule has 128 valence electrons. The predicted molar refractivity (Wildman–Crippen MR) is 99.8 cm³/mol. The molecule has 0 saturated heterocycles. The number of benzene rings is 2. The third-order valence-corrected chi connectivity index (χ3v) is 4.15. The SMILES string of the molecule is Cc1ccc(Nc2c(-c3ccc(C(=O)O)cc3)nc3cnccn23)cc1. The first kappa shape index (κ1) is 15.8. The number of aromatic nitrogens is 3. The zero-order valence-corrected chi connectivity index (χ0v) is 14.0. The molecule has 0 radical (unpaired) electrons. The first-order chi connectivity index (χ1) is 12.6. The average Bonchev–Trinajstić information content (AvgIpc) is 3.02. The number of anilines is 2. The second-order valence-corrected chi connectivity index (χ2v) is 5.99. The lowest BCUT2D eigenvalue weighted by molar-refractivity contribution is 0.0697. The Balaban J connectivity index is 1.83. The molecule has 0 spiro atoms. The van der Waals surface area contributed by atoms with E-state index >= 15 is 0 Å². The van der Waals surface area contributed by atoms with Crippen molar-refractivity contribution in [2.45, 2.75) is 6.92 Å². The van der Waals surface area contributed by atoms with Crippen LogP contribution in [0, 0.1) is 6.92 Å². The van der Waals surface area contributed by atoms with Gasteiger partial charge in [0, 0.05) is 23.6 Å². The topological polar surface area (TPSA) is 79.5 Å². The predicted octanol–water partition coefficient (Wildman–Crippen LogP) is 4.15. The van der Waals surface area contributed by atoms with E-state index in [9.17, 15) is 4.79 Å². The number of rotatable bonds is 4. The molecule has 2 N–H and O–H groups in total. The Kier molecular flexibility index (Phi) is 3.85. The molecule has 4 rings (SSSR count). The lowest BCUT2D eigenvalue weighted by Crippen LogP contribution is -1.98. The minimum atomic E-state index is -0.950. The maximum Gasteiger partial charge on any atom is 0.335 e. The molecule has 0 aliphatic rings. The highest BCUT2D eigenvalue weighted by molar-refractivity contribution is 5.89. The second-order valence-electron chi connectivity index (χ2n) is 5.99. The molecule has 0 bridgehead atoms. The number of nitrogens with one attached hydrogen (secondary N) is 1. The maximum absolute atomic E-state index is 11.1. The van der Waals surface area contributed by atoms with Crippen molar-refractivity contribution in [3.8, 4) is 11.3 Å². The van der Waals surface area contributed by atoms with Crippen LogP contribution in [0.25, 0.3) is 16.9 Å². The molecule has 0 unspecified atom stereocenters. The van der Waals surface area contributed by atoms with Gasteiger partial charge >= 0.3 is 5.97 Å². The van der Waals surface area contributed by atoms with Crippen molar-refractivity contribution in [2.75, 3.05) is 5.32 Å². The molecule has 6 nitrogen and oxygen atoms in total. The van der Waals surface area contributed by atoms with Crippen LogP contribution in [-0.2, 0) is 0 Å². The molecule has 0 saturated carbocycles. The fraction of sp³-hybridized carbons (Fsp3) is 0.0500. The summed E-state index contributed by atoms with van der Waals surface area (Å²) in [6.07, 6.45) is 5.23. The standard InChI is InChI=1S/C20H16N4O2/c1-13-2-8-16(9-3-13)22-19-18(23-17-12-21-10-11-24(17)19)14-4-6-15(7-5-14)20(25)26/h2-12,22H,1H3,(H,25,26). The molecule has 2 heterocycles. The van der Waals surface area contributed by atoms with Gasteiger partial charge in [0.1, 0.15) is 11.5 Å². The molecule has 2 aromatic carbocycles. The van der Waals surface area contributed by atoms with Gasteiger partial charge in [0.2, 0.25) is 0 Å². The molecule has 0 fully saturated rings. The molecule has 6 heteroatoms. The third-order valence-electron chi connectivity index (χ3n) is 4.15. The molecule has 0 atom stereocenters. The van der Waals surface area contributed by atoms with Gasteiger partial charge in [-0.15, -0.1) is 0 Å². The molecule has 0 amide bonds. The average molecular weight is 344 g/mol. The smallest absolute Gasteiger partial charge is 0.335 e. The van der Waals surface area contributed by atoms with Crippen molar-refractivity contribution in [3.63, 3.8) is 0 Å². The van der Waals surface area contributed by atoms with E-state index in [0.29, 0.717) is 5.65 Å². The molecule has 2 aromatic heterocycles. The Hall–Kier alpha value is -3.67. The van der Waals surface area contributed by atoms with Crippen LogP contribution in [0.15, 0.2) is 67.1 Å². The van der Waals surface area contributed by atoms with Crippen LogP contribution in [0.1, 0.15) is 15.9 Å². The fourth-order valence-electron chi connectivity index (χ4n) is 2.77. The first-order valence-electron chi connectivity index (χ1n) is 8.11. The van der Waals surface area contributed by atoms with E-state index in [2.05, 4.69) is 15.3 Å².